The Hall–Kier alpha value is -0.910. The number of carboxylic acid groups (broad SMARTS) is 1. The summed E-state index contributed by atoms with van der Waals surface area (Å²) in [4.78, 5) is 11.6. The molecule has 0 radical (unpaired) electrons. The smallest absolute Gasteiger partial charge is 0.309 e. The van der Waals surface area contributed by atoms with Crippen LogP contribution in [0.5, 0.6) is 0 Å². The summed E-state index contributed by atoms with van der Waals surface area (Å²) in [6.45, 7) is 2.21. The Labute approximate surface area is 188 Å². The zero-order valence-electron chi connectivity index (χ0n) is 19.6. The van der Waals surface area contributed by atoms with Crippen LogP contribution < -0.4 is 0 Å². The highest BCUT2D eigenvalue weighted by Crippen LogP contribution is 2.35. The number of unbranched alkanes of at least 4 members (excludes halogenated alkanes) is 4. The Morgan fingerprint density at radius 2 is 1.74 bits per heavy atom. The first-order valence-electron chi connectivity index (χ1n) is 12.8. The molecule has 1 fully saturated rings. The van der Waals surface area contributed by atoms with E-state index < -0.39 is 23.6 Å². The topological polar surface area (TPSA) is 98.0 Å². The molecule has 2 aliphatic carbocycles. The minimum atomic E-state index is -0.939. The highest BCUT2D eigenvalue weighted by Gasteiger charge is 2.34. The molecule has 0 aromatic rings. The maximum atomic E-state index is 11.6. The van der Waals surface area contributed by atoms with Crippen LogP contribution in [0, 0.1) is 17.8 Å². The van der Waals surface area contributed by atoms with Crippen LogP contribution in [0.25, 0.3) is 0 Å². The molecule has 0 aromatic heterocycles. The van der Waals surface area contributed by atoms with E-state index in [4.69, 9.17) is 0 Å². The van der Waals surface area contributed by atoms with Crippen LogP contribution >= 0.6 is 0 Å². The quantitative estimate of drug-likeness (QED) is 0.208. The van der Waals surface area contributed by atoms with E-state index in [-0.39, 0.29) is 12.0 Å². The number of carboxylic acids is 1. The molecule has 31 heavy (non-hydrogen) atoms. The minimum Gasteiger partial charge on any atom is -0.481 e. The van der Waals surface area contributed by atoms with Crippen molar-refractivity contribution in [2.75, 3.05) is 0 Å². The summed E-state index contributed by atoms with van der Waals surface area (Å²) in [7, 11) is 0. The van der Waals surface area contributed by atoms with Gasteiger partial charge in [-0.15, -0.1) is 0 Å². The molecule has 0 aromatic carbocycles. The summed E-state index contributed by atoms with van der Waals surface area (Å²) >= 11 is 0. The second-order valence-corrected chi connectivity index (χ2v) is 10.2. The van der Waals surface area contributed by atoms with E-state index in [1.54, 1.807) is 0 Å². The fourth-order valence-electron chi connectivity index (χ4n) is 5.45. The first-order chi connectivity index (χ1) is 14.8. The number of allylic oxidation sites excluding steroid dienone is 1. The Kier molecular flexibility index (Phi) is 11.6. The highest BCUT2D eigenvalue weighted by atomic mass is 16.4. The van der Waals surface area contributed by atoms with Crippen LogP contribution in [-0.4, -0.2) is 44.2 Å². The molecule has 5 nitrogen and oxygen atoms in total. The van der Waals surface area contributed by atoms with Gasteiger partial charge in [0.25, 0.3) is 0 Å². The number of aliphatic hydroxyl groups is 3. The van der Waals surface area contributed by atoms with Crippen LogP contribution in [0.2, 0.25) is 0 Å². The van der Waals surface area contributed by atoms with E-state index in [0.29, 0.717) is 25.2 Å². The molecule has 4 N–H and O–H groups in total. The summed E-state index contributed by atoms with van der Waals surface area (Å²) in [6, 6.07) is 0. The van der Waals surface area contributed by atoms with Gasteiger partial charge in [0.1, 0.15) is 0 Å². The molecule has 2 rings (SSSR count). The van der Waals surface area contributed by atoms with Gasteiger partial charge in [-0.25, -0.2) is 0 Å². The number of aliphatic carboxylic acids is 1. The van der Waals surface area contributed by atoms with Gasteiger partial charge in [0.2, 0.25) is 0 Å². The molecule has 5 atom stereocenters. The van der Waals surface area contributed by atoms with E-state index in [1.807, 2.05) is 0 Å². The summed E-state index contributed by atoms with van der Waals surface area (Å²) in [6.07, 6.45) is 17.5. The van der Waals surface area contributed by atoms with Crippen LogP contribution in [-0.2, 0) is 4.79 Å². The van der Waals surface area contributed by atoms with Crippen molar-refractivity contribution in [1.82, 2.24) is 0 Å². The Balaban J connectivity index is 1.64. The van der Waals surface area contributed by atoms with E-state index >= 15 is 0 Å². The number of carbonyl (C=O) groups is 1. The fraction of sp³-hybridized carbons (Fsp3) is 0.885. The molecule has 0 amide bonds. The molecular formula is C26H46O5. The molecule has 0 aliphatic heterocycles. The SMILES string of the molecule is CCCCCC1C=CC(CCCCCC(C(=O)O)C(O)CCC2(O)CCCC2)C(O)C1. The number of rotatable bonds is 15. The molecule has 5 heteroatoms. The van der Waals surface area contributed by atoms with Crippen molar-refractivity contribution < 1.29 is 25.2 Å². The average Bonchev–Trinajstić information content (AvgIpc) is 3.17. The molecular weight excluding hydrogens is 392 g/mol. The van der Waals surface area contributed by atoms with E-state index in [0.717, 1.165) is 57.8 Å². The van der Waals surface area contributed by atoms with Gasteiger partial charge in [0.05, 0.1) is 23.7 Å². The standard InChI is InChI=1S/C26H46O5/c1-2-3-5-10-20-13-14-21(24(28)19-20)11-6-4-7-12-22(25(29)30)23(27)15-18-26(31)16-8-9-17-26/h13-14,20-24,27-28,31H,2-12,15-19H2,1H3,(H,29,30). The summed E-state index contributed by atoms with van der Waals surface area (Å²) in [5.41, 5.74) is -0.701. The van der Waals surface area contributed by atoms with Crippen molar-refractivity contribution in [3.8, 4) is 0 Å². The molecule has 0 bridgehead atoms. The second kappa shape index (κ2) is 13.6. The molecule has 0 spiro atoms. The molecule has 2 aliphatic rings. The maximum Gasteiger partial charge on any atom is 0.309 e. The van der Waals surface area contributed by atoms with Gasteiger partial charge >= 0.3 is 5.97 Å². The fourth-order valence-corrected chi connectivity index (χ4v) is 5.45. The molecule has 5 unspecified atom stereocenters. The second-order valence-electron chi connectivity index (χ2n) is 10.2. The van der Waals surface area contributed by atoms with Gasteiger partial charge in [-0.2, -0.15) is 0 Å². The third kappa shape index (κ3) is 9.23. The normalized spacial score (nSPS) is 27.3. The predicted molar refractivity (Wildman–Crippen MR) is 124 cm³/mol. The zero-order chi connectivity index (χ0) is 22.7. The van der Waals surface area contributed by atoms with Gasteiger partial charge in [-0.1, -0.05) is 70.4 Å². The van der Waals surface area contributed by atoms with E-state index in [1.165, 1.54) is 25.7 Å². The van der Waals surface area contributed by atoms with E-state index in [2.05, 4.69) is 19.1 Å². The van der Waals surface area contributed by atoms with Crippen molar-refractivity contribution >= 4 is 5.97 Å². The van der Waals surface area contributed by atoms with Crippen LogP contribution in [0.3, 0.4) is 0 Å². The lowest BCUT2D eigenvalue weighted by atomic mass is 9.81. The van der Waals surface area contributed by atoms with Crippen LogP contribution in [0.4, 0.5) is 0 Å². The third-order valence-electron chi connectivity index (χ3n) is 7.62. The van der Waals surface area contributed by atoms with Crippen molar-refractivity contribution in [3.05, 3.63) is 12.2 Å². The monoisotopic (exact) mass is 438 g/mol. The van der Waals surface area contributed by atoms with Crippen molar-refractivity contribution in [2.24, 2.45) is 17.8 Å². The van der Waals surface area contributed by atoms with Crippen molar-refractivity contribution in [2.45, 2.75) is 127 Å². The lowest BCUT2D eigenvalue weighted by molar-refractivity contribution is -0.146. The summed E-state index contributed by atoms with van der Waals surface area (Å²) < 4.78 is 0. The molecule has 0 saturated heterocycles. The Bertz CT molecular complexity index is 540. The number of aliphatic hydroxyl groups excluding tert-OH is 2. The van der Waals surface area contributed by atoms with Crippen LogP contribution in [0.1, 0.15) is 110 Å². The van der Waals surface area contributed by atoms with Crippen LogP contribution in [0.15, 0.2) is 12.2 Å². The predicted octanol–water partition coefficient (Wildman–Crippen LogP) is 5.22. The third-order valence-corrected chi connectivity index (χ3v) is 7.62. The lowest BCUT2D eigenvalue weighted by Crippen LogP contribution is -2.32. The number of hydrogen-bond donors (Lipinski definition) is 4. The first-order valence-corrected chi connectivity index (χ1v) is 12.8. The largest absolute Gasteiger partial charge is 0.481 e. The molecule has 0 heterocycles. The first kappa shape index (κ1) is 26.3. The van der Waals surface area contributed by atoms with Gasteiger partial charge in [0, 0.05) is 5.92 Å². The van der Waals surface area contributed by atoms with Crippen molar-refractivity contribution in [1.29, 1.82) is 0 Å². The minimum absolute atomic E-state index is 0.218. The van der Waals surface area contributed by atoms with Gasteiger partial charge < -0.3 is 20.4 Å². The lowest BCUT2D eigenvalue weighted by Gasteiger charge is -2.28. The van der Waals surface area contributed by atoms with Gasteiger partial charge in [-0.05, 0) is 57.3 Å². The summed E-state index contributed by atoms with van der Waals surface area (Å²) in [5, 5.41) is 40.9. The maximum absolute atomic E-state index is 11.6. The molecule has 1 saturated carbocycles. The van der Waals surface area contributed by atoms with Gasteiger partial charge in [-0.3, -0.25) is 4.79 Å². The highest BCUT2D eigenvalue weighted by molar-refractivity contribution is 5.70. The van der Waals surface area contributed by atoms with E-state index in [9.17, 15) is 25.2 Å². The Morgan fingerprint density at radius 1 is 1.03 bits per heavy atom. The number of hydrogen-bond acceptors (Lipinski definition) is 4. The van der Waals surface area contributed by atoms with Gasteiger partial charge in [0.15, 0.2) is 0 Å². The average molecular weight is 439 g/mol. The summed E-state index contributed by atoms with van der Waals surface area (Å²) in [5.74, 6) is -0.965. The zero-order valence-corrected chi connectivity index (χ0v) is 19.6. The van der Waals surface area contributed by atoms with Crippen molar-refractivity contribution in [3.63, 3.8) is 0 Å². The molecule has 180 valence electrons. The Morgan fingerprint density at radius 3 is 2.39 bits per heavy atom.